The van der Waals surface area contributed by atoms with Crippen molar-refractivity contribution in [1.29, 1.82) is 0 Å². The van der Waals surface area contributed by atoms with Crippen LogP contribution in [0.5, 0.6) is 0 Å². The molecule has 0 rings (SSSR count). The summed E-state index contributed by atoms with van der Waals surface area (Å²) in [5.74, 6) is 0. The summed E-state index contributed by atoms with van der Waals surface area (Å²) in [7, 11) is 1.57. The second-order valence-corrected chi connectivity index (χ2v) is 1.84. The number of hydrogen-bond acceptors (Lipinski definition) is 2. The topological polar surface area (TPSA) is 29.5 Å². The van der Waals surface area contributed by atoms with Gasteiger partial charge in [-0.2, -0.15) is 0 Å². The number of ether oxygens (including phenoxy) is 1. The quantitative estimate of drug-likeness (QED) is 0.619. The molecule has 0 aromatic rings. The monoisotopic (exact) mass is 168 g/mol. The molecule has 0 aromatic heterocycles. The zero-order chi connectivity index (χ0) is 5.70. The Morgan fingerprint density at radius 3 is 2.43 bits per heavy atom. The van der Waals surface area contributed by atoms with Gasteiger partial charge < -0.3 is 9.84 Å². The van der Waals surface area contributed by atoms with Crippen molar-refractivity contribution in [3.8, 4) is 0 Å². The van der Waals surface area contributed by atoms with E-state index in [0.29, 0.717) is 5.33 Å². The summed E-state index contributed by atoms with van der Waals surface area (Å²) in [6.45, 7) is 0.0851. The Balaban J connectivity index is 2.99. The number of alkyl halides is 1. The van der Waals surface area contributed by atoms with Gasteiger partial charge in [-0.25, -0.2) is 0 Å². The molecule has 0 saturated carbocycles. The summed E-state index contributed by atoms with van der Waals surface area (Å²) < 4.78 is 4.75. The lowest BCUT2D eigenvalue weighted by atomic mass is 10.4. The molecule has 0 spiro atoms. The normalized spacial score (nSPS) is 14.1. The average molecular weight is 169 g/mol. The average Bonchev–Trinajstić information content (AvgIpc) is 1.72. The number of halogens is 1. The van der Waals surface area contributed by atoms with E-state index in [1.165, 1.54) is 0 Å². The molecule has 0 aliphatic carbocycles. The van der Waals surface area contributed by atoms with Gasteiger partial charge in [-0.3, -0.25) is 0 Å². The highest BCUT2D eigenvalue weighted by Crippen LogP contribution is 1.91. The molecule has 0 heterocycles. The van der Waals surface area contributed by atoms with Gasteiger partial charge in [-0.1, -0.05) is 15.9 Å². The van der Waals surface area contributed by atoms with Gasteiger partial charge in [-0.05, 0) is 0 Å². The molecule has 1 unspecified atom stereocenters. The Morgan fingerprint density at radius 1 is 1.86 bits per heavy atom. The second-order valence-electron chi connectivity index (χ2n) is 1.19. The van der Waals surface area contributed by atoms with Gasteiger partial charge in [-0.15, -0.1) is 0 Å². The summed E-state index contributed by atoms with van der Waals surface area (Å²) in [6.07, 6.45) is -0.0417. The molecular weight excluding hydrogens is 160 g/mol. The molecule has 44 valence electrons. The number of rotatable bonds is 3. The Labute approximate surface area is 51.6 Å². The number of hydrogen-bond donors (Lipinski definition) is 1. The Hall–Kier alpha value is 0.400. The lowest BCUT2D eigenvalue weighted by Crippen LogP contribution is -2.16. The van der Waals surface area contributed by atoms with Crippen LogP contribution in [-0.2, 0) is 4.74 Å². The van der Waals surface area contributed by atoms with Crippen LogP contribution in [0.1, 0.15) is 0 Å². The third-order valence-electron chi connectivity index (χ3n) is 0.709. The van der Waals surface area contributed by atoms with Crippen molar-refractivity contribution in [3.63, 3.8) is 0 Å². The van der Waals surface area contributed by atoms with Crippen LogP contribution in [0.3, 0.4) is 0 Å². The van der Waals surface area contributed by atoms with Crippen LogP contribution in [0.15, 0.2) is 0 Å². The predicted molar refractivity (Wildman–Crippen MR) is 31.7 cm³/mol. The molecule has 0 bridgehead atoms. The summed E-state index contributed by atoms with van der Waals surface area (Å²) in [5, 5.41) is 9.07. The highest BCUT2D eigenvalue weighted by atomic mass is 79.9. The van der Waals surface area contributed by atoms with Gasteiger partial charge in [0.05, 0.1) is 12.7 Å². The van der Waals surface area contributed by atoms with Crippen LogP contribution in [0.25, 0.3) is 0 Å². The first-order valence-electron chi connectivity index (χ1n) is 2.04. The summed E-state index contributed by atoms with van der Waals surface area (Å²) in [6, 6.07) is 0. The summed E-state index contributed by atoms with van der Waals surface area (Å²) in [4.78, 5) is 0. The minimum Gasteiger partial charge on any atom is -0.394 e. The van der Waals surface area contributed by atoms with Crippen molar-refractivity contribution in [2.75, 3.05) is 19.0 Å². The van der Waals surface area contributed by atoms with Crippen molar-refractivity contribution in [2.24, 2.45) is 0 Å². The lowest BCUT2D eigenvalue weighted by molar-refractivity contribution is 0.0665. The SMILES string of the molecule is COC(CO)CBr. The van der Waals surface area contributed by atoms with Crippen molar-refractivity contribution in [1.82, 2.24) is 0 Å². The van der Waals surface area contributed by atoms with Crippen molar-refractivity contribution >= 4 is 15.9 Å². The fourth-order valence-electron chi connectivity index (χ4n) is 0.186. The van der Waals surface area contributed by atoms with E-state index in [2.05, 4.69) is 15.9 Å². The van der Waals surface area contributed by atoms with Gasteiger partial charge in [0, 0.05) is 12.4 Å². The van der Waals surface area contributed by atoms with Crippen LogP contribution in [0.4, 0.5) is 0 Å². The fraction of sp³-hybridized carbons (Fsp3) is 1.00. The number of aliphatic hydroxyl groups excluding tert-OH is 1. The van der Waals surface area contributed by atoms with Crippen molar-refractivity contribution in [3.05, 3.63) is 0 Å². The van der Waals surface area contributed by atoms with Crippen LogP contribution in [0.2, 0.25) is 0 Å². The van der Waals surface area contributed by atoms with E-state index in [-0.39, 0.29) is 12.7 Å². The summed E-state index contributed by atoms with van der Waals surface area (Å²) in [5.41, 5.74) is 0. The first-order chi connectivity index (χ1) is 3.35. The second kappa shape index (κ2) is 4.56. The molecule has 0 fully saturated rings. The maximum atomic E-state index is 8.37. The lowest BCUT2D eigenvalue weighted by Gasteiger charge is -2.05. The maximum absolute atomic E-state index is 8.37. The van der Waals surface area contributed by atoms with Gasteiger partial charge >= 0.3 is 0 Å². The molecule has 7 heavy (non-hydrogen) atoms. The molecule has 1 N–H and O–H groups in total. The van der Waals surface area contributed by atoms with Gasteiger partial charge in [0.25, 0.3) is 0 Å². The first-order valence-corrected chi connectivity index (χ1v) is 3.17. The van der Waals surface area contributed by atoms with Gasteiger partial charge in [0.2, 0.25) is 0 Å². The van der Waals surface area contributed by atoms with E-state index in [0.717, 1.165) is 0 Å². The highest BCUT2D eigenvalue weighted by Gasteiger charge is 1.99. The van der Waals surface area contributed by atoms with E-state index in [4.69, 9.17) is 9.84 Å². The largest absolute Gasteiger partial charge is 0.394 e. The smallest absolute Gasteiger partial charge is 0.0898 e. The van der Waals surface area contributed by atoms with Crippen LogP contribution in [0, 0.1) is 0 Å². The molecule has 0 aliphatic heterocycles. The van der Waals surface area contributed by atoms with Crippen LogP contribution in [-0.4, -0.2) is 30.3 Å². The van der Waals surface area contributed by atoms with E-state index in [1.807, 2.05) is 0 Å². The van der Waals surface area contributed by atoms with E-state index in [9.17, 15) is 0 Å². The third-order valence-corrected chi connectivity index (χ3v) is 1.43. The Bertz CT molecular complexity index is 31.2. The first kappa shape index (κ1) is 7.40. The minimum absolute atomic E-state index is 0.0417. The molecule has 1 atom stereocenters. The number of aliphatic hydroxyl groups is 1. The molecular formula is C4H9BrO2. The molecule has 0 radical (unpaired) electrons. The summed E-state index contributed by atoms with van der Waals surface area (Å²) >= 11 is 3.15. The van der Waals surface area contributed by atoms with E-state index in [1.54, 1.807) is 7.11 Å². The molecule has 2 nitrogen and oxygen atoms in total. The van der Waals surface area contributed by atoms with E-state index >= 15 is 0 Å². The van der Waals surface area contributed by atoms with Crippen molar-refractivity contribution in [2.45, 2.75) is 6.10 Å². The van der Waals surface area contributed by atoms with Crippen LogP contribution >= 0.6 is 15.9 Å². The molecule has 0 aliphatic rings. The molecule has 0 saturated heterocycles. The molecule has 0 aromatic carbocycles. The van der Waals surface area contributed by atoms with Gasteiger partial charge in [0.15, 0.2) is 0 Å². The number of methoxy groups -OCH3 is 1. The standard InChI is InChI=1S/C4H9BrO2/c1-7-4(2-5)3-6/h4,6H,2-3H2,1H3. The minimum atomic E-state index is -0.0417. The van der Waals surface area contributed by atoms with E-state index < -0.39 is 0 Å². The maximum Gasteiger partial charge on any atom is 0.0898 e. The Morgan fingerprint density at radius 2 is 2.43 bits per heavy atom. The fourth-order valence-corrected chi connectivity index (χ4v) is 0.655. The molecule has 3 heteroatoms. The third kappa shape index (κ3) is 3.02. The predicted octanol–water partition coefficient (Wildman–Crippen LogP) is 0.389. The van der Waals surface area contributed by atoms with Gasteiger partial charge in [0.1, 0.15) is 0 Å². The van der Waals surface area contributed by atoms with Crippen molar-refractivity contribution < 1.29 is 9.84 Å². The zero-order valence-corrected chi connectivity index (χ0v) is 5.81. The Kier molecular flexibility index (Phi) is 4.82. The zero-order valence-electron chi connectivity index (χ0n) is 4.22. The van der Waals surface area contributed by atoms with Crippen LogP contribution < -0.4 is 0 Å². The highest BCUT2D eigenvalue weighted by molar-refractivity contribution is 9.09. The molecule has 0 amide bonds.